The molecule has 0 radical (unpaired) electrons. The molecule has 0 spiro atoms. The van der Waals surface area contributed by atoms with E-state index in [0.717, 1.165) is 38.5 Å². The van der Waals surface area contributed by atoms with E-state index in [1.54, 1.807) is 18.3 Å². The summed E-state index contributed by atoms with van der Waals surface area (Å²) in [6.07, 6.45) is 10.2. The van der Waals surface area contributed by atoms with Crippen molar-refractivity contribution in [2.45, 2.75) is 77.7 Å². The van der Waals surface area contributed by atoms with E-state index in [-0.39, 0.29) is 35.4 Å². The van der Waals surface area contributed by atoms with Crippen molar-refractivity contribution in [1.82, 2.24) is 10.3 Å². The lowest BCUT2D eigenvalue weighted by Gasteiger charge is -2.48. The van der Waals surface area contributed by atoms with Crippen LogP contribution in [0.1, 0.15) is 82.1 Å². The average Bonchev–Trinajstić information content (AvgIpc) is 3.11. The van der Waals surface area contributed by atoms with Gasteiger partial charge in [0.15, 0.2) is 0 Å². The normalized spacial score (nSPS) is 32.1. The summed E-state index contributed by atoms with van der Waals surface area (Å²) in [7, 11) is 0. The predicted molar refractivity (Wildman–Crippen MR) is 124 cm³/mol. The van der Waals surface area contributed by atoms with Gasteiger partial charge in [-0.25, -0.2) is 0 Å². The first-order chi connectivity index (χ1) is 14.8. The van der Waals surface area contributed by atoms with Gasteiger partial charge < -0.3 is 15.5 Å². The van der Waals surface area contributed by atoms with Gasteiger partial charge in [0.1, 0.15) is 5.69 Å². The second kappa shape index (κ2) is 10.3. The molecule has 3 N–H and O–H groups in total. The third-order valence-electron chi connectivity index (χ3n) is 8.44. The monoisotopic (exact) mass is 428 g/mol. The zero-order chi connectivity index (χ0) is 22.5. The molecule has 2 fully saturated rings. The number of hydrogen-bond acceptors (Lipinski definition) is 4. The van der Waals surface area contributed by atoms with Crippen molar-refractivity contribution < 1.29 is 15.0 Å². The number of pyridine rings is 1. The summed E-state index contributed by atoms with van der Waals surface area (Å²) in [6.45, 7) is 9.67. The molecule has 1 heterocycles. The van der Waals surface area contributed by atoms with E-state index in [4.69, 9.17) is 0 Å². The number of rotatable bonds is 9. The molecular formula is C26H40N2O3. The summed E-state index contributed by atoms with van der Waals surface area (Å²) in [4.78, 5) is 16.6. The highest BCUT2D eigenvalue weighted by Gasteiger charge is 2.45. The number of aliphatic hydroxyl groups is 2. The Bertz CT molecular complexity index is 752. The molecule has 5 atom stereocenters. The third-order valence-corrected chi connectivity index (χ3v) is 8.44. The maximum absolute atomic E-state index is 12.4. The van der Waals surface area contributed by atoms with Crippen molar-refractivity contribution in [1.29, 1.82) is 0 Å². The fraction of sp³-hybridized carbons (Fsp3) is 0.692. The molecule has 1 amide bonds. The Morgan fingerprint density at radius 1 is 1.32 bits per heavy atom. The van der Waals surface area contributed by atoms with Gasteiger partial charge in [0.05, 0.1) is 6.10 Å². The highest BCUT2D eigenvalue weighted by atomic mass is 16.3. The van der Waals surface area contributed by atoms with Crippen LogP contribution >= 0.6 is 0 Å². The van der Waals surface area contributed by atoms with Crippen LogP contribution in [0.2, 0.25) is 0 Å². The molecule has 1 aromatic rings. The van der Waals surface area contributed by atoms with Crippen LogP contribution in [-0.2, 0) is 0 Å². The summed E-state index contributed by atoms with van der Waals surface area (Å²) in [6, 6.07) is 5.35. The Morgan fingerprint density at radius 2 is 2.13 bits per heavy atom. The summed E-state index contributed by atoms with van der Waals surface area (Å²) in [5.74, 6) is 0.317. The highest BCUT2D eigenvalue weighted by molar-refractivity contribution is 5.92. The molecule has 5 nitrogen and oxygen atoms in total. The maximum Gasteiger partial charge on any atom is 0.269 e. The second-order valence-electron chi connectivity index (χ2n) is 10.3. The van der Waals surface area contributed by atoms with Crippen molar-refractivity contribution in [3.8, 4) is 0 Å². The van der Waals surface area contributed by atoms with Gasteiger partial charge in [-0.05, 0) is 92.6 Å². The van der Waals surface area contributed by atoms with E-state index in [9.17, 15) is 15.0 Å². The number of carbonyl (C=O) groups is 1. The van der Waals surface area contributed by atoms with Crippen molar-refractivity contribution in [3.05, 3.63) is 42.2 Å². The summed E-state index contributed by atoms with van der Waals surface area (Å²) < 4.78 is 0. The molecule has 0 bridgehead atoms. The molecule has 5 unspecified atom stereocenters. The largest absolute Gasteiger partial charge is 0.396 e. The van der Waals surface area contributed by atoms with Gasteiger partial charge in [-0.3, -0.25) is 9.78 Å². The van der Waals surface area contributed by atoms with Crippen molar-refractivity contribution >= 4 is 5.91 Å². The van der Waals surface area contributed by atoms with Gasteiger partial charge in [0, 0.05) is 19.3 Å². The summed E-state index contributed by atoms with van der Waals surface area (Å²) >= 11 is 0. The number of nitrogens with zero attached hydrogens (tertiary/aromatic N) is 1. The molecule has 172 valence electrons. The fourth-order valence-electron chi connectivity index (χ4n) is 5.93. The minimum atomic E-state index is -0.318. The second-order valence-corrected chi connectivity index (χ2v) is 10.3. The summed E-state index contributed by atoms with van der Waals surface area (Å²) in [5, 5.41) is 23.4. The first kappa shape index (κ1) is 23.9. The van der Waals surface area contributed by atoms with Crippen molar-refractivity contribution in [3.63, 3.8) is 0 Å². The van der Waals surface area contributed by atoms with Crippen LogP contribution in [0.4, 0.5) is 0 Å². The minimum Gasteiger partial charge on any atom is -0.396 e. The van der Waals surface area contributed by atoms with Gasteiger partial charge in [-0.15, -0.1) is 0 Å². The van der Waals surface area contributed by atoms with Crippen LogP contribution in [0.5, 0.6) is 0 Å². The molecule has 5 heteroatoms. The van der Waals surface area contributed by atoms with Crippen LogP contribution in [0.15, 0.2) is 36.5 Å². The SMILES string of the molecule is C=C1CCCC1(C)CCC(CCNC(=O)c1ccccn1)C1(C)CCC(O)CC1CO. The van der Waals surface area contributed by atoms with E-state index in [2.05, 4.69) is 30.7 Å². The van der Waals surface area contributed by atoms with Crippen LogP contribution < -0.4 is 5.32 Å². The topological polar surface area (TPSA) is 82.5 Å². The highest BCUT2D eigenvalue weighted by Crippen LogP contribution is 2.52. The van der Waals surface area contributed by atoms with E-state index < -0.39 is 0 Å². The Balaban J connectivity index is 1.69. The van der Waals surface area contributed by atoms with E-state index in [1.165, 1.54) is 18.4 Å². The molecule has 2 saturated carbocycles. The Labute approximate surface area is 187 Å². The smallest absolute Gasteiger partial charge is 0.269 e. The van der Waals surface area contributed by atoms with Crippen LogP contribution in [0, 0.1) is 22.7 Å². The van der Waals surface area contributed by atoms with Crippen LogP contribution in [0.3, 0.4) is 0 Å². The molecule has 3 rings (SSSR count). The molecule has 2 aliphatic rings. The molecule has 0 saturated heterocycles. The first-order valence-electron chi connectivity index (χ1n) is 11.9. The van der Waals surface area contributed by atoms with Crippen molar-refractivity contribution in [2.24, 2.45) is 22.7 Å². The number of nitrogens with one attached hydrogen (secondary N) is 1. The van der Waals surface area contributed by atoms with Crippen LogP contribution in [-0.4, -0.2) is 40.4 Å². The van der Waals surface area contributed by atoms with Gasteiger partial charge >= 0.3 is 0 Å². The van der Waals surface area contributed by atoms with Gasteiger partial charge in [0.25, 0.3) is 5.91 Å². The predicted octanol–water partition coefficient (Wildman–Crippen LogP) is 4.50. The van der Waals surface area contributed by atoms with E-state index in [0.29, 0.717) is 24.6 Å². The number of hydrogen-bond donors (Lipinski definition) is 3. The Morgan fingerprint density at radius 3 is 2.77 bits per heavy atom. The number of allylic oxidation sites excluding steroid dienone is 1. The zero-order valence-corrected chi connectivity index (χ0v) is 19.3. The quantitative estimate of drug-likeness (QED) is 0.506. The molecule has 1 aromatic heterocycles. The lowest BCUT2D eigenvalue weighted by molar-refractivity contribution is -0.0481. The van der Waals surface area contributed by atoms with Gasteiger partial charge in [-0.2, -0.15) is 0 Å². The van der Waals surface area contributed by atoms with Gasteiger partial charge in [0.2, 0.25) is 0 Å². The number of carbonyl (C=O) groups excluding carboxylic acids is 1. The van der Waals surface area contributed by atoms with Gasteiger partial charge in [-0.1, -0.05) is 32.1 Å². The standard InChI is InChI=1S/C26H40N2O3/c1-19-7-6-12-25(19,2)13-9-20(26(3)14-10-22(30)17-21(26)18-29)11-16-28-24(31)23-8-4-5-15-27-23/h4-5,8,15,20-22,29-30H,1,6-7,9-14,16-18H2,2-3H3,(H,28,31). The van der Waals surface area contributed by atoms with E-state index in [1.807, 2.05) is 6.07 Å². The third kappa shape index (κ3) is 5.56. The molecule has 0 aliphatic heterocycles. The maximum atomic E-state index is 12.4. The lowest BCUT2D eigenvalue weighted by Crippen LogP contribution is -2.44. The molecule has 0 aromatic carbocycles. The van der Waals surface area contributed by atoms with E-state index >= 15 is 0 Å². The zero-order valence-electron chi connectivity index (χ0n) is 19.3. The summed E-state index contributed by atoms with van der Waals surface area (Å²) in [5.41, 5.74) is 1.97. The minimum absolute atomic E-state index is 0.0417. The fourth-order valence-corrected chi connectivity index (χ4v) is 5.93. The first-order valence-corrected chi connectivity index (χ1v) is 11.9. The Hall–Kier alpha value is -1.72. The lowest BCUT2D eigenvalue weighted by atomic mass is 9.58. The number of amides is 1. The number of aliphatic hydroxyl groups excluding tert-OH is 2. The van der Waals surface area contributed by atoms with Crippen LogP contribution in [0.25, 0.3) is 0 Å². The molecular weight excluding hydrogens is 388 g/mol. The molecule has 2 aliphatic carbocycles. The Kier molecular flexibility index (Phi) is 7.92. The number of aromatic nitrogens is 1. The van der Waals surface area contributed by atoms with Crippen molar-refractivity contribution in [2.75, 3.05) is 13.2 Å². The average molecular weight is 429 g/mol. The molecule has 31 heavy (non-hydrogen) atoms.